The second kappa shape index (κ2) is 4.09. The first-order chi connectivity index (χ1) is 6.09. The topological polar surface area (TPSA) is 55.1 Å². The lowest BCUT2D eigenvalue weighted by molar-refractivity contribution is -0.122. The smallest absolute Gasteiger partial charge is 0.236 e. The molecule has 0 aromatic heterocycles. The molecule has 1 fully saturated rings. The van der Waals surface area contributed by atoms with Crippen LogP contribution in [0.25, 0.3) is 0 Å². The standard InChI is InChI=1S/C10H20N2O/c1-3-10(5-4-6-10)7-12-9(13)8(2)11/h8H,3-7,11H2,1-2H3,(H,12,13). The fourth-order valence-corrected chi connectivity index (χ4v) is 1.77. The molecule has 0 radical (unpaired) electrons. The van der Waals surface area contributed by atoms with Gasteiger partial charge < -0.3 is 11.1 Å². The summed E-state index contributed by atoms with van der Waals surface area (Å²) in [5.74, 6) is -0.0280. The molecule has 3 nitrogen and oxygen atoms in total. The third-order valence-corrected chi connectivity index (χ3v) is 3.22. The van der Waals surface area contributed by atoms with Crippen LogP contribution in [-0.2, 0) is 4.79 Å². The van der Waals surface area contributed by atoms with E-state index >= 15 is 0 Å². The second-order valence-electron chi connectivity index (χ2n) is 4.21. The average molecular weight is 184 g/mol. The Morgan fingerprint density at radius 2 is 2.23 bits per heavy atom. The average Bonchev–Trinajstić information content (AvgIpc) is 2.02. The molecular weight excluding hydrogens is 164 g/mol. The van der Waals surface area contributed by atoms with E-state index in [0.717, 1.165) is 13.0 Å². The molecule has 76 valence electrons. The molecule has 0 spiro atoms. The summed E-state index contributed by atoms with van der Waals surface area (Å²) >= 11 is 0. The zero-order chi connectivity index (χ0) is 9.90. The molecule has 0 aromatic carbocycles. The van der Waals surface area contributed by atoms with Gasteiger partial charge in [0.05, 0.1) is 6.04 Å². The van der Waals surface area contributed by atoms with Gasteiger partial charge in [0.2, 0.25) is 5.91 Å². The lowest BCUT2D eigenvalue weighted by Gasteiger charge is -2.41. The zero-order valence-electron chi connectivity index (χ0n) is 8.60. The minimum Gasteiger partial charge on any atom is -0.354 e. The number of hydrogen-bond donors (Lipinski definition) is 2. The van der Waals surface area contributed by atoms with Crippen LogP contribution in [0.4, 0.5) is 0 Å². The van der Waals surface area contributed by atoms with Gasteiger partial charge in [-0.25, -0.2) is 0 Å². The summed E-state index contributed by atoms with van der Waals surface area (Å²) in [4.78, 5) is 11.2. The fourth-order valence-electron chi connectivity index (χ4n) is 1.77. The maximum atomic E-state index is 11.2. The van der Waals surface area contributed by atoms with E-state index in [0.29, 0.717) is 5.41 Å². The normalized spacial score (nSPS) is 21.8. The molecule has 0 aliphatic heterocycles. The number of carbonyl (C=O) groups is 1. The van der Waals surface area contributed by atoms with E-state index in [-0.39, 0.29) is 11.9 Å². The van der Waals surface area contributed by atoms with Crippen molar-refractivity contribution in [3.8, 4) is 0 Å². The van der Waals surface area contributed by atoms with Gasteiger partial charge >= 0.3 is 0 Å². The van der Waals surface area contributed by atoms with Gasteiger partial charge in [0.1, 0.15) is 0 Å². The first-order valence-electron chi connectivity index (χ1n) is 5.13. The molecule has 1 saturated carbocycles. The maximum absolute atomic E-state index is 11.2. The van der Waals surface area contributed by atoms with Gasteiger partial charge in [-0.3, -0.25) is 4.79 Å². The van der Waals surface area contributed by atoms with E-state index < -0.39 is 0 Å². The number of amides is 1. The first kappa shape index (κ1) is 10.5. The molecule has 0 bridgehead atoms. The predicted molar refractivity (Wildman–Crippen MR) is 53.2 cm³/mol. The van der Waals surface area contributed by atoms with E-state index in [4.69, 9.17) is 5.73 Å². The number of carbonyl (C=O) groups excluding carboxylic acids is 1. The summed E-state index contributed by atoms with van der Waals surface area (Å²) < 4.78 is 0. The summed E-state index contributed by atoms with van der Waals surface area (Å²) in [5.41, 5.74) is 5.85. The highest BCUT2D eigenvalue weighted by Crippen LogP contribution is 2.42. The number of hydrogen-bond acceptors (Lipinski definition) is 2. The van der Waals surface area contributed by atoms with Crippen LogP contribution in [0, 0.1) is 5.41 Å². The van der Waals surface area contributed by atoms with Crippen LogP contribution in [-0.4, -0.2) is 18.5 Å². The van der Waals surface area contributed by atoms with Gasteiger partial charge in [-0.05, 0) is 31.6 Å². The van der Waals surface area contributed by atoms with Gasteiger partial charge in [-0.1, -0.05) is 13.3 Å². The minimum absolute atomic E-state index is 0.0280. The van der Waals surface area contributed by atoms with Crippen LogP contribution < -0.4 is 11.1 Å². The summed E-state index contributed by atoms with van der Waals surface area (Å²) in [7, 11) is 0. The molecular formula is C10H20N2O. The molecule has 1 aliphatic carbocycles. The lowest BCUT2D eigenvalue weighted by Crippen LogP contribution is -2.46. The quantitative estimate of drug-likeness (QED) is 0.685. The Bertz CT molecular complexity index is 180. The SMILES string of the molecule is CCC1(CNC(=O)C(C)N)CCC1. The van der Waals surface area contributed by atoms with Gasteiger partial charge in [-0.2, -0.15) is 0 Å². The van der Waals surface area contributed by atoms with Crippen molar-refractivity contribution in [3.63, 3.8) is 0 Å². The van der Waals surface area contributed by atoms with E-state index in [1.165, 1.54) is 19.3 Å². The summed E-state index contributed by atoms with van der Waals surface area (Å²) in [6.45, 7) is 4.72. The molecule has 0 saturated heterocycles. The Kier molecular flexibility index (Phi) is 3.31. The van der Waals surface area contributed by atoms with Crippen molar-refractivity contribution in [3.05, 3.63) is 0 Å². The third kappa shape index (κ3) is 2.44. The van der Waals surface area contributed by atoms with E-state index in [1.54, 1.807) is 6.92 Å². The molecule has 3 heteroatoms. The summed E-state index contributed by atoms with van der Waals surface area (Å²) in [6, 6.07) is -0.381. The van der Waals surface area contributed by atoms with Crippen molar-refractivity contribution in [2.24, 2.45) is 11.1 Å². The highest BCUT2D eigenvalue weighted by molar-refractivity contribution is 5.80. The molecule has 0 heterocycles. The van der Waals surface area contributed by atoms with Gasteiger partial charge in [0.25, 0.3) is 0 Å². The van der Waals surface area contributed by atoms with Crippen LogP contribution >= 0.6 is 0 Å². The first-order valence-corrected chi connectivity index (χ1v) is 5.13. The zero-order valence-corrected chi connectivity index (χ0v) is 8.60. The molecule has 1 unspecified atom stereocenters. The highest BCUT2D eigenvalue weighted by atomic mass is 16.2. The Morgan fingerprint density at radius 3 is 2.54 bits per heavy atom. The molecule has 1 atom stereocenters. The van der Waals surface area contributed by atoms with Crippen molar-refractivity contribution in [2.45, 2.75) is 45.6 Å². The number of nitrogens with one attached hydrogen (secondary N) is 1. The molecule has 1 amide bonds. The van der Waals surface area contributed by atoms with Crippen LogP contribution in [0.15, 0.2) is 0 Å². The van der Waals surface area contributed by atoms with Crippen molar-refractivity contribution in [1.29, 1.82) is 0 Å². The minimum atomic E-state index is -0.381. The third-order valence-electron chi connectivity index (χ3n) is 3.22. The predicted octanol–water partition coefficient (Wildman–Crippen LogP) is 1.03. The van der Waals surface area contributed by atoms with E-state index in [2.05, 4.69) is 12.2 Å². The summed E-state index contributed by atoms with van der Waals surface area (Å²) in [5, 5.41) is 2.91. The summed E-state index contributed by atoms with van der Waals surface area (Å²) in [6.07, 6.45) is 4.97. The van der Waals surface area contributed by atoms with Crippen molar-refractivity contribution in [2.75, 3.05) is 6.54 Å². The van der Waals surface area contributed by atoms with Gasteiger partial charge in [0, 0.05) is 6.54 Å². The highest BCUT2D eigenvalue weighted by Gasteiger charge is 2.35. The van der Waals surface area contributed by atoms with Gasteiger partial charge in [0.15, 0.2) is 0 Å². The van der Waals surface area contributed by atoms with E-state index in [9.17, 15) is 4.79 Å². The van der Waals surface area contributed by atoms with Crippen LogP contribution in [0.5, 0.6) is 0 Å². The number of rotatable bonds is 4. The molecule has 1 rings (SSSR count). The van der Waals surface area contributed by atoms with Crippen molar-refractivity contribution in [1.82, 2.24) is 5.32 Å². The molecule has 1 aliphatic rings. The molecule has 13 heavy (non-hydrogen) atoms. The second-order valence-corrected chi connectivity index (χ2v) is 4.21. The molecule has 0 aromatic rings. The maximum Gasteiger partial charge on any atom is 0.236 e. The number of nitrogens with two attached hydrogens (primary N) is 1. The van der Waals surface area contributed by atoms with Gasteiger partial charge in [-0.15, -0.1) is 0 Å². The Balaban J connectivity index is 2.28. The largest absolute Gasteiger partial charge is 0.354 e. The van der Waals surface area contributed by atoms with Crippen LogP contribution in [0.3, 0.4) is 0 Å². The molecule has 3 N–H and O–H groups in total. The van der Waals surface area contributed by atoms with Crippen molar-refractivity contribution >= 4 is 5.91 Å². The Labute approximate surface area is 80.1 Å². The van der Waals surface area contributed by atoms with Crippen LogP contribution in [0.2, 0.25) is 0 Å². The lowest BCUT2D eigenvalue weighted by atomic mass is 9.67. The van der Waals surface area contributed by atoms with Crippen molar-refractivity contribution < 1.29 is 4.79 Å². The van der Waals surface area contributed by atoms with E-state index in [1.807, 2.05) is 0 Å². The van der Waals surface area contributed by atoms with Crippen LogP contribution in [0.1, 0.15) is 39.5 Å². The Morgan fingerprint density at radius 1 is 1.62 bits per heavy atom. The fraction of sp³-hybridized carbons (Fsp3) is 0.900. The Hall–Kier alpha value is -0.570. The monoisotopic (exact) mass is 184 g/mol.